The lowest BCUT2D eigenvalue weighted by Crippen LogP contribution is -2.26. The highest BCUT2D eigenvalue weighted by atomic mass is 16.5. The molecule has 3 N–H and O–H groups in total. The molecule has 0 aliphatic rings. The zero-order valence-corrected chi connectivity index (χ0v) is 10.8. The molecule has 1 heterocycles. The molecule has 0 aliphatic carbocycles. The van der Waals surface area contributed by atoms with Crippen molar-refractivity contribution in [1.82, 2.24) is 4.98 Å². The third-order valence-corrected chi connectivity index (χ3v) is 2.38. The largest absolute Gasteiger partial charge is 0.471 e. The predicted octanol–water partition coefficient (Wildman–Crippen LogP) is 2.70. The van der Waals surface area contributed by atoms with Gasteiger partial charge in [0.05, 0.1) is 11.1 Å². The molecule has 0 bridgehead atoms. The van der Waals surface area contributed by atoms with E-state index in [-0.39, 0.29) is 11.4 Å². The number of ether oxygens (including phenoxy) is 1. The number of fused-ring (bicyclic) bond motifs is 1. The molecule has 0 fully saturated rings. The second-order valence-electron chi connectivity index (χ2n) is 5.16. The van der Waals surface area contributed by atoms with Gasteiger partial charge in [0, 0.05) is 5.39 Å². The zero-order chi connectivity index (χ0) is 13.3. The van der Waals surface area contributed by atoms with Gasteiger partial charge < -0.3 is 10.5 Å². The Kier molecular flexibility index (Phi) is 2.95. The smallest absolute Gasteiger partial charge is 0.225 e. The van der Waals surface area contributed by atoms with Crippen LogP contribution < -0.4 is 10.5 Å². The van der Waals surface area contributed by atoms with Crippen LogP contribution in [0.15, 0.2) is 30.3 Å². The first-order valence-corrected chi connectivity index (χ1v) is 5.80. The number of hydrogen-bond donors (Lipinski definition) is 2. The van der Waals surface area contributed by atoms with E-state index in [2.05, 4.69) is 4.98 Å². The first kappa shape index (κ1) is 12.4. The lowest BCUT2D eigenvalue weighted by molar-refractivity contribution is 0.124. The van der Waals surface area contributed by atoms with Crippen molar-refractivity contribution >= 4 is 16.7 Å². The summed E-state index contributed by atoms with van der Waals surface area (Å²) >= 11 is 0. The Hall–Kier alpha value is -2.10. The number of pyridine rings is 1. The van der Waals surface area contributed by atoms with Gasteiger partial charge in [0.25, 0.3) is 0 Å². The Bertz CT molecular complexity index is 600. The van der Waals surface area contributed by atoms with Crippen LogP contribution in [-0.4, -0.2) is 16.4 Å². The molecule has 0 atom stereocenters. The summed E-state index contributed by atoms with van der Waals surface area (Å²) in [6, 6.07) is 9.54. The molecule has 0 saturated heterocycles. The maximum absolute atomic E-state index is 7.62. The second kappa shape index (κ2) is 4.29. The maximum atomic E-state index is 7.62. The summed E-state index contributed by atoms with van der Waals surface area (Å²) in [5, 5.41) is 8.57. The molecule has 0 saturated carbocycles. The van der Waals surface area contributed by atoms with Crippen molar-refractivity contribution in [3.8, 4) is 5.88 Å². The SMILES string of the molecule is CC(C)(C)Oc1nc2ccccc2cc1C(=N)N. The van der Waals surface area contributed by atoms with Gasteiger partial charge in [-0.3, -0.25) is 5.41 Å². The molecule has 94 valence electrons. The molecule has 18 heavy (non-hydrogen) atoms. The molecule has 1 aromatic carbocycles. The van der Waals surface area contributed by atoms with E-state index >= 15 is 0 Å². The van der Waals surface area contributed by atoms with E-state index in [4.69, 9.17) is 15.9 Å². The average molecular weight is 243 g/mol. The van der Waals surface area contributed by atoms with Crippen LogP contribution in [0.2, 0.25) is 0 Å². The third-order valence-electron chi connectivity index (χ3n) is 2.38. The minimum Gasteiger partial charge on any atom is -0.471 e. The van der Waals surface area contributed by atoms with E-state index < -0.39 is 0 Å². The Balaban J connectivity index is 2.61. The van der Waals surface area contributed by atoms with E-state index in [1.807, 2.05) is 51.1 Å². The van der Waals surface area contributed by atoms with Crippen molar-refractivity contribution in [3.63, 3.8) is 0 Å². The summed E-state index contributed by atoms with van der Waals surface area (Å²) in [6.07, 6.45) is 0. The number of nitrogen functional groups attached to an aromatic ring is 1. The van der Waals surface area contributed by atoms with E-state index in [0.29, 0.717) is 11.4 Å². The number of rotatable bonds is 2. The number of aromatic nitrogens is 1. The maximum Gasteiger partial charge on any atom is 0.225 e. The van der Waals surface area contributed by atoms with Gasteiger partial charge in [-0.2, -0.15) is 0 Å². The van der Waals surface area contributed by atoms with Crippen LogP contribution in [-0.2, 0) is 0 Å². The molecule has 4 heteroatoms. The number of benzene rings is 1. The van der Waals surface area contributed by atoms with Crippen molar-refractivity contribution < 1.29 is 4.74 Å². The first-order valence-electron chi connectivity index (χ1n) is 5.80. The topological polar surface area (TPSA) is 72.0 Å². The molecule has 0 amide bonds. The van der Waals surface area contributed by atoms with E-state index in [0.717, 1.165) is 10.9 Å². The Morgan fingerprint density at radius 2 is 1.94 bits per heavy atom. The monoisotopic (exact) mass is 243 g/mol. The number of amidine groups is 1. The highest BCUT2D eigenvalue weighted by molar-refractivity contribution is 6.00. The average Bonchev–Trinajstić information content (AvgIpc) is 2.25. The fourth-order valence-corrected chi connectivity index (χ4v) is 1.66. The Morgan fingerprint density at radius 1 is 1.28 bits per heavy atom. The fraction of sp³-hybridized carbons (Fsp3) is 0.286. The van der Waals surface area contributed by atoms with Crippen LogP contribution in [0, 0.1) is 5.41 Å². The highest BCUT2D eigenvalue weighted by Crippen LogP contribution is 2.25. The predicted molar refractivity (Wildman–Crippen MR) is 73.1 cm³/mol. The van der Waals surface area contributed by atoms with Crippen LogP contribution in [0.1, 0.15) is 26.3 Å². The van der Waals surface area contributed by atoms with Crippen LogP contribution in [0.5, 0.6) is 5.88 Å². The van der Waals surface area contributed by atoms with Gasteiger partial charge in [0.2, 0.25) is 5.88 Å². The van der Waals surface area contributed by atoms with Crippen molar-refractivity contribution in [2.45, 2.75) is 26.4 Å². The molecule has 2 aromatic rings. The van der Waals surface area contributed by atoms with Crippen LogP contribution in [0.3, 0.4) is 0 Å². The summed E-state index contributed by atoms with van der Waals surface area (Å²) in [5.74, 6) is 0.376. The van der Waals surface area contributed by atoms with Crippen LogP contribution in [0.4, 0.5) is 0 Å². The van der Waals surface area contributed by atoms with Crippen molar-refractivity contribution in [1.29, 1.82) is 5.41 Å². The number of nitrogens with one attached hydrogen (secondary N) is 1. The highest BCUT2D eigenvalue weighted by Gasteiger charge is 2.18. The summed E-state index contributed by atoms with van der Waals surface area (Å²) in [6.45, 7) is 5.81. The standard InChI is InChI=1S/C14H17N3O/c1-14(2,3)18-13-10(12(15)16)8-9-6-4-5-7-11(9)17-13/h4-8H,1-3H3,(H3,15,16). The van der Waals surface area contributed by atoms with Gasteiger partial charge in [0.1, 0.15) is 11.4 Å². The van der Waals surface area contributed by atoms with Crippen LogP contribution >= 0.6 is 0 Å². The first-order chi connectivity index (χ1) is 8.37. The third kappa shape index (κ3) is 2.59. The lowest BCUT2D eigenvalue weighted by atomic mass is 10.1. The number of nitrogens with two attached hydrogens (primary N) is 1. The second-order valence-corrected chi connectivity index (χ2v) is 5.16. The van der Waals surface area contributed by atoms with Gasteiger partial charge in [-0.05, 0) is 32.9 Å². The zero-order valence-electron chi connectivity index (χ0n) is 10.8. The Morgan fingerprint density at radius 3 is 2.56 bits per heavy atom. The minimum absolute atomic E-state index is 0.0347. The molecule has 0 spiro atoms. The van der Waals surface area contributed by atoms with Gasteiger partial charge >= 0.3 is 0 Å². The number of hydrogen-bond acceptors (Lipinski definition) is 3. The van der Waals surface area contributed by atoms with E-state index in [1.54, 1.807) is 0 Å². The van der Waals surface area contributed by atoms with E-state index in [1.165, 1.54) is 0 Å². The van der Waals surface area contributed by atoms with Gasteiger partial charge in [0.15, 0.2) is 0 Å². The molecule has 1 aromatic heterocycles. The summed E-state index contributed by atoms with van der Waals surface area (Å²) < 4.78 is 5.77. The van der Waals surface area contributed by atoms with Gasteiger partial charge in [-0.25, -0.2) is 4.98 Å². The van der Waals surface area contributed by atoms with Crippen molar-refractivity contribution in [2.24, 2.45) is 5.73 Å². The molecule has 4 nitrogen and oxygen atoms in total. The van der Waals surface area contributed by atoms with Crippen molar-refractivity contribution in [3.05, 3.63) is 35.9 Å². The molecular weight excluding hydrogens is 226 g/mol. The van der Waals surface area contributed by atoms with Gasteiger partial charge in [-0.1, -0.05) is 18.2 Å². The normalized spacial score (nSPS) is 11.5. The summed E-state index contributed by atoms with van der Waals surface area (Å²) in [5.41, 5.74) is 6.58. The number of nitrogens with zero attached hydrogens (tertiary/aromatic N) is 1. The quantitative estimate of drug-likeness (QED) is 0.629. The summed E-state index contributed by atoms with van der Waals surface area (Å²) in [4.78, 5) is 4.44. The molecule has 0 unspecified atom stereocenters. The molecule has 0 aliphatic heterocycles. The van der Waals surface area contributed by atoms with Crippen molar-refractivity contribution in [2.75, 3.05) is 0 Å². The van der Waals surface area contributed by atoms with E-state index in [9.17, 15) is 0 Å². The molecule has 0 radical (unpaired) electrons. The fourth-order valence-electron chi connectivity index (χ4n) is 1.66. The van der Waals surface area contributed by atoms with Gasteiger partial charge in [-0.15, -0.1) is 0 Å². The molecule has 2 rings (SSSR count). The summed E-state index contributed by atoms with van der Waals surface area (Å²) in [7, 11) is 0. The lowest BCUT2D eigenvalue weighted by Gasteiger charge is -2.22. The minimum atomic E-state index is -0.375. The Labute approximate surface area is 106 Å². The van der Waals surface area contributed by atoms with Crippen LogP contribution in [0.25, 0.3) is 10.9 Å². The number of para-hydroxylation sites is 1. The molecular formula is C14H17N3O.